The van der Waals surface area contributed by atoms with E-state index < -0.39 is 0 Å². The monoisotopic (exact) mass is 355 g/mol. The van der Waals surface area contributed by atoms with E-state index in [1.807, 2.05) is 12.1 Å². The summed E-state index contributed by atoms with van der Waals surface area (Å²) in [6, 6.07) is 18.0. The largest absolute Gasteiger partial charge is 0.326 e. The van der Waals surface area contributed by atoms with Crippen molar-refractivity contribution < 1.29 is 0 Å². The summed E-state index contributed by atoms with van der Waals surface area (Å²) < 4.78 is 0. The summed E-state index contributed by atoms with van der Waals surface area (Å²) in [7, 11) is 0. The van der Waals surface area contributed by atoms with Gasteiger partial charge in [-0.25, -0.2) is 0 Å². The van der Waals surface area contributed by atoms with Crippen LogP contribution in [0.25, 0.3) is 11.1 Å². The number of likely N-dealkylation sites (tertiary alicyclic amines) is 1. The van der Waals surface area contributed by atoms with E-state index in [1.165, 1.54) is 23.1 Å². The molecule has 1 saturated heterocycles. The average Bonchev–Trinajstić information content (AvgIpc) is 3.28. The number of hydrogen-bond donors (Lipinski definition) is 2. The van der Waals surface area contributed by atoms with Crippen molar-refractivity contribution in [3.8, 4) is 11.1 Å². The number of benzene rings is 2. The Morgan fingerprint density at radius 1 is 1.04 bits per heavy atom. The first-order valence-electron chi connectivity index (χ1n) is 9.26. The average molecular weight is 356 g/mol. The molecule has 1 aliphatic carbocycles. The van der Waals surface area contributed by atoms with Crippen LogP contribution in [0.4, 0.5) is 0 Å². The van der Waals surface area contributed by atoms with Gasteiger partial charge in [-0.15, -0.1) is 0 Å². The Labute approximate surface area is 155 Å². The third-order valence-corrected chi connectivity index (χ3v) is 5.70. The summed E-state index contributed by atoms with van der Waals surface area (Å²) in [5, 5.41) is 4.48. The van der Waals surface area contributed by atoms with E-state index in [-0.39, 0.29) is 0 Å². The molecule has 1 heterocycles. The maximum atomic E-state index is 5.96. The molecule has 0 amide bonds. The summed E-state index contributed by atoms with van der Waals surface area (Å²) in [6.07, 6.45) is 2.39. The Balaban J connectivity index is 1.26. The number of rotatable bonds is 6. The predicted octanol–water partition coefficient (Wildman–Crippen LogP) is 3.49. The van der Waals surface area contributed by atoms with Crippen LogP contribution in [0.3, 0.4) is 0 Å². The van der Waals surface area contributed by atoms with Gasteiger partial charge in [0.15, 0.2) is 0 Å². The maximum absolute atomic E-state index is 5.96. The van der Waals surface area contributed by atoms with Gasteiger partial charge in [0.25, 0.3) is 0 Å². The number of hydrogen-bond acceptors (Lipinski definition) is 3. The molecule has 3 N–H and O–H groups in total. The molecule has 132 valence electrons. The lowest BCUT2D eigenvalue weighted by Crippen LogP contribution is -2.33. The fourth-order valence-corrected chi connectivity index (χ4v) is 3.95. The van der Waals surface area contributed by atoms with Crippen molar-refractivity contribution >= 4 is 11.6 Å². The summed E-state index contributed by atoms with van der Waals surface area (Å²) in [6.45, 7) is 4.40. The molecule has 2 aromatic carbocycles. The van der Waals surface area contributed by atoms with E-state index in [4.69, 9.17) is 17.3 Å². The predicted molar refractivity (Wildman–Crippen MR) is 105 cm³/mol. The topological polar surface area (TPSA) is 41.3 Å². The van der Waals surface area contributed by atoms with Gasteiger partial charge in [0.1, 0.15) is 0 Å². The van der Waals surface area contributed by atoms with Crippen LogP contribution in [-0.2, 0) is 0 Å². The van der Waals surface area contributed by atoms with Gasteiger partial charge in [-0.1, -0.05) is 48.0 Å². The summed E-state index contributed by atoms with van der Waals surface area (Å²) in [5.41, 5.74) is 9.86. The zero-order chi connectivity index (χ0) is 17.2. The Kier molecular flexibility index (Phi) is 5.09. The maximum Gasteiger partial charge on any atom is 0.0406 e. The fourth-order valence-electron chi connectivity index (χ4n) is 3.83. The lowest BCUT2D eigenvalue weighted by molar-refractivity contribution is 0.331. The lowest BCUT2D eigenvalue weighted by atomic mass is 10.0. The molecule has 0 radical (unpaired) electrons. The van der Waals surface area contributed by atoms with Crippen LogP contribution in [0.15, 0.2) is 48.5 Å². The molecular formula is C21H26ClN3. The highest BCUT2D eigenvalue weighted by Crippen LogP contribution is 2.41. The van der Waals surface area contributed by atoms with Crippen LogP contribution in [0.5, 0.6) is 0 Å². The molecule has 4 rings (SSSR count). The summed E-state index contributed by atoms with van der Waals surface area (Å²) >= 11 is 5.96. The Hall–Kier alpha value is -1.39. The van der Waals surface area contributed by atoms with Gasteiger partial charge in [-0.2, -0.15) is 0 Å². The minimum Gasteiger partial charge on any atom is -0.326 e. The van der Waals surface area contributed by atoms with E-state index >= 15 is 0 Å². The van der Waals surface area contributed by atoms with Crippen molar-refractivity contribution in [3.05, 3.63) is 59.1 Å². The molecule has 4 heteroatoms. The molecule has 25 heavy (non-hydrogen) atoms. The van der Waals surface area contributed by atoms with Crippen LogP contribution in [0, 0.1) is 0 Å². The molecule has 1 aliphatic heterocycles. The Morgan fingerprint density at radius 2 is 1.72 bits per heavy atom. The minimum absolute atomic E-state index is 0.382. The Morgan fingerprint density at radius 3 is 2.36 bits per heavy atom. The van der Waals surface area contributed by atoms with Crippen molar-refractivity contribution in [2.75, 3.05) is 26.2 Å². The number of nitrogens with one attached hydrogen (secondary N) is 1. The number of nitrogens with zero attached hydrogens (tertiary/aromatic N) is 1. The van der Waals surface area contributed by atoms with E-state index in [0.29, 0.717) is 18.0 Å². The highest BCUT2D eigenvalue weighted by Gasteiger charge is 2.37. The third kappa shape index (κ3) is 4.24. The lowest BCUT2D eigenvalue weighted by Gasteiger charge is -2.15. The molecule has 2 aliphatic rings. The van der Waals surface area contributed by atoms with Crippen molar-refractivity contribution in [2.24, 2.45) is 5.73 Å². The molecule has 3 atom stereocenters. The van der Waals surface area contributed by atoms with Gasteiger partial charge in [0.2, 0.25) is 0 Å². The zero-order valence-electron chi connectivity index (χ0n) is 14.5. The zero-order valence-corrected chi connectivity index (χ0v) is 15.3. The molecule has 3 nitrogen and oxygen atoms in total. The van der Waals surface area contributed by atoms with Crippen LogP contribution < -0.4 is 11.1 Å². The molecule has 1 saturated carbocycles. The summed E-state index contributed by atoms with van der Waals surface area (Å²) in [5.74, 6) is 0.667. The smallest absolute Gasteiger partial charge is 0.0406 e. The Bertz CT molecular complexity index is 698. The van der Waals surface area contributed by atoms with E-state index in [0.717, 1.165) is 37.6 Å². The quantitative estimate of drug-likeness (QED) is 0.833. The second kappa shape index (κ2) is 7.46. The van der Waals surface area contributed by atoms with Gasteiger partial charge in [0, 0.05) is 42.7 Å². The van der Waals surface area contributed by atoms with Crippen LogP contribution in [0.1, 0.15) is 24.3 Å². The van der Waals surface area contributed by atoms with E-state index in [2.05, 4.69) is 46.6 Å². The molecule has 3 unspecified atom stereocenters. The molecule has 2 fully saturated rings. The second-order valence-electron chi connectivity index (χ2n) is 7.38. The fraction of sp³-hybridized carbons (Fsp3) is 0.429. The molecule has 0 spiro atoms. The normalized spacial score (nSPS) is 26.1. The highest BCUT2D eigenvalue weighted by molar-refractivity contribution is 6.30. The highest BCUT2D eigenvalue weighted by atomic mass is 35.5. The third-order valence-electron chi connectivity index (χ3n) is 5.45. The van der Waals surface area contributed by atoms with E-state index in [1.54, 1.807) is 0 Å². The van der Waals surface area contributed by atoms with Crippen LogP contribution >= 0.6 is 11.6 Å². The first-order valence-corrected chi connectivity index (χ1v) is 9.64. The van der Waals surface area contributed by atoms with Crippen molar-refractivity contribution in [1.29, 1.82) is 0 Å². The van der Waals surface area contributed by atoms with Crippen molar-refractivity contribution in [1.82, 2.24) is 10.2 Å². The standard InChI is InChI=1S/C21H26ClN3/c22-18-7-5-16(6-8-18)15-1-3-17(4-2-15)20-13-21(20)24-10-12-25-11-9-19(23)14-25/h1-8,19-21,24H,9-14,23H2. The molecule has 2 aromatic rings. The van der Waals surface area contributed by atoms with Gasteiger partial charge in [-0.05, 0) is 48.2 Å². The van der Waals surface area contributed by atoms with Gasteiger partial charge in [-0.3, -0.25) is 0 Å². The second-order valence-corrected chi connectivity index (χ2v) is 7.82. The van der Waals surface area contributed by atoms with E-state index in [9.17, 15) is 0 Å². The van der Waals surface area contributed by atoms with Crippen molar-refractivity contribution in [2.45, 2.75) is 30.8 Å². The number of halogens is 1. The summed E-state index contributed by atoms with van der Waals surface area (Å²) in [4.78, 5) is 2.47. The minimum atomic E-state index is 0.382. The van der Waals surface area contributed by atoms with Crippen molar-refractivity contribution in [3.63, 3.8) is 0 Å². The molecule has 0 aromatic heterocycles. The van der Waals surface area contributed by atoms with Gasteiger partial charge < -0.3 is 16.0 Å². The first-order chi connectivity index (χ1) is 12.2. The van der Waals surface area contributed by atoms with Crippen LogP contribution in [0.2, 0.25) is 5.02 Å². The van der Waals surface area contributed by atoms with Gasteiger partial charge >= 0.3 is 0 Å². The van der Waals surface area contributed by atoms with Gasteiger partial charge in [0.05, 0.1) is 0 Å². The first kappa shape index (κ1) is 17.0. The molecule has 0 bridgehead atoms. The van der Waals surface area contributed by atoms with Crippen LogP contribution in [-0.4, -0.2) is 43.2 Å². The number of nitrogens with two attached hydrogens (primary N) is 1. The molecular weight excluding hydrogens is 330 g/mol. The SMILES string of the molecule is NC1CCN(CCNC2CC2c2ccc(-c3ccc(Cl)cc3)cc2)C1.